The summed E-state index contributed by atoms with van der Waals surface area (Å²) in [4.78, 5) is 17.1. The Morgan fingerprint density at radius 3 is 2.24 bits per heavy atom. The van der Waals surface area contributed by atoms with Crippen LogP contribution in [-0.2, 0) is 22.6 Å². The zero-order valence-corrected chi connectivity index (χ0v) is 17.6. The van der Waals surface area contributed by atoms with Gasteiger partial charge in [-0.1, -0.05) is 80.4 Å². The highest BCUT2D eigenvalue weighted by molar-refractivity contribution is 5.69. The summed E-state index contributed by atoms with van der Waals surface area (Å²) in [7, 11) is 0. The largest absolute Gasteiger partial charge is 0.464 e. The summed E-state index contributed by atoms with van der Waals surface area (Å²) in [5.74, 6) is -0.0571. The van der Waals surface area contributed by atoms with Gasteiger partial charge >= 0.3 is 5.97 Å². The summed E-state index contributed by atoms with van der Waals surface area (Å²) >= 11 is 0. The minimum atomic E-state index is -0.0571. The van der Waals surface area contributed by atoms with Crippen LogP contribution in [0.25, 0.3) is 0 Å². The van der Waals surface area contributed by atoms with Crippen LogP contribution in [0.3, 0.4) is 0 Å². The third-order valence-corrected chi connectivity index (χ3v) is 5.59. The predicted octanol–water partition coefficient (Wildman–Crippen LogP) is 4.50. The number of carbonyl (C=O) groups excluding carboxylic acids is 1. The van der Waals surface area contributed by atoms with Crippen LogP contribution in [-0.4, -0.2) is 48.1 Å². The van der Waals surface area contributed by atoms with Gasteiger partial charge in [-0.15, -0.1) is 0 Å². The number of ether oxygens (including phenoxy) is 1. The highest BCUT2D eigenvalue weighted by Crippen LogP contribution is 2.17. The Hall–Kier alpha value is -2.17. The summed E-state index contributed by atoms with van der Waals surface area (Å²) in [5.41, 5.74) is 2.64. The third-order valence-electron chi connectivity index (χ3n) is 5.59. The van der Waals surface area contributed by atoms with Gasteiger partial charge in [0.1, 0.15) is 6.61 Å². The molecule has 4 heteroatoms. The van der Waals surface area contributed by atoms with Crippen molar-refractivity contribution in [2.24, 2.45) is 0 Å². The molecule has 0 radical (unpaired) electrons. The highest BCUT2D eigenvalue weighted by atomic mass is 16.5. The Kier molecular flexibility index (Phi) is 8.72. The van der Waals surface area contributed by atoms with Crippen molar-refractivity contribution in [1.82, 2.24) is 9.80 Å². The quantitative estimate of drug-likeness (QED) is 0.439. The van der Waals surface area contributed by atoms with Gasteiger partial charge < -0.3 is 4.74 Å². The fourth-order valence-corrected chi connectivity index (χ4v) is 3.91. The Morgan fingerprint density at radius 2 is 1.59 bits per heavy atom. The van der Waals surface area contributed by atoms with E-state index in [1.165, 1.54) is 11.1 Å². The zero-order valence-electron chi connectivity index (χ0n) is 17.6. The van der Waals surface area contributed by atoms with Crippen LogP contribution in [0.5, 0.6) is 0 Å². The number of hydrogen-bond donors (Lipinski definition) is 0. The Bertz CT molecular complexity index is 720. The number of benzene rings is 2. The molecular weight excluding hydrogens is 360 g/mol. The third kappa shape index (κ3) is 7.30. The van der Waals surface area contributed by atoms with E-state index in [1.54, 1.807) is 0 Å². The minimum Gasteiger partial charge on any atom is -0.464 e. The summed E-state index contributed by atoms with van der Waals surface area (Å²) in [5, 5.41) is 0. The number of nitrogens with zero attached hydrogens (tertiary/aromatic N) is 2. The molecule has 0 spiro atoms. The van der Waals surface area contributed by atoms with Crippen molar-refractivity contribution in [3.63, 3.8) is 0 Å². The monoisotopic (exact) mass is 394 g/mol. The first-order chi connectivity index (χ1) is 14.2. The molecule has 0 aromatic heterocycles. The van der Waals surface area contributed by atoms with Gasteiger partial charge in [-0.05, 0) is 17.5 Å². The summed E-state index contributed by atoms with van der Waals surface area (Å²) in [6.45, 7) is 7.41. The summed E-state index contributed by atoms with van der Waals surface area (Å²) in [6.07, 6.45) is 3.67. The minimum absolute atomic E-state index is 0.0571. The molecule has 29 heavy (non-hydrogen) atoms. The second-order valence-electron chi connectivity index (χ2n) is 7.97. The first kappa shape index (κ1) is 21.5. The van der Waals surface area contributed by atoms with E-state index in [-0.39, 0.29) is 12.0 Å². The number of rotatable bonds is 10. The molecule has 0 aliphatic carbocycles. The second kappa shape index (κ2) is 11.7. The van der Waals surface area contributed by atoms with Gasteiger partial charge in [-0.25, -0.2) is 0 Å². The van der Waals surface area contributed by atoms with Gasteiger partial charge in [-0.3, -0.25) is 14.6 Å². The van der Waals surface area contributed by atoms with Crippen LogP contribution in [0.1, 0.15) is 43.7 Å². The van der Waals surface area contributed by atoms with Gasteiger partial charge in [0.25, 0.3) is 0 Å². The van der Waals surface area contributed by atoms with Crippen LogP contribution >= 0.6 is 0 Å². The normalized spacial score (nSPS) is 17.9. The second-order valence-corrected chi connectivity index (χ2v) is 7.97. The molecule has 1 aliphatic rings. The van der Waals surface area contributed by atoms with E-state index in [2.05, 4.69) is 77.4 Å². The number of carbonyl (C=O) groups is 1. The predicted molar refractivity (Wildman–Crippen MR) is 117 cm³/mol. The topological polar surface area (TPSA) is 32.8 Å². The zero-order chi connectivity index (χ0) is 20.3. The number of hydrogen-bond acceptors (Lipinski definition) is 4. The van der Waals surface area contributed by atoms with E-state index >= 15 is 0 Å². The van der Waals surface area contributed by atoms with E-state index in [0.29, 0.717) is 13.0 Å². The van der Waals surface area contributed by atoms with E-state index in [0.717, 1.165) is 52.0 Å². The van der Waals surface area contributed by atoms with Crippen molar-refractivity contribution < 1.29 is 9.53 Å². The molecule has 2 aromatic rings. The maximum Gasteiger partial charge on any atom is 0.305 e. The number of piperazine rings is 1. The Morgan fingerprint density at radius 1 is 0.931 bits per heavy atom. The van der Waals surface area contributed by atoms with Crippen molar-refractivity contribution in [2.75, 3.05) is 26.2 Å². The number of esters is 1. The molecule has 1 atom stereocenters. The Balaban J connectivity index is 1.58. The van der Waals surface area contributed by atoms with E-state index in [1.807, 2.05) is 0 Å². The van der Waals surface area contributed by atoms with Gasteiger partial charge in [0.05, 0.1) is 6.04 Å². The van der Waals surface area contributed by atoms with Crippen LogP contribution in [0.15, 0.2) is 60.7 Å². The van der Waals surface area contributed by atoms with Gasteiger partial charge in [0.2, 0.25) is 0 Å². The van der Waals surface area contributed by atoms with Crippen molar-refractivity contribution in [3.8, 4) is 0 Å². The van der Waals surface area contributed by atoms with Crippen LogP contribution in [0.2, 0.25) is 0 Å². The smallest absolute Gasteiger partial charge is 0.305 e. The maximum absolute atomic E-state index is 12.1. The van der Waals surface area contributed by atoms with E-state index in [4.69, 9.17) is 4.74 Å². The molecule has 4 nitrogen and oxygen atoms in total. The van der Waals surface area contributed by atoms with E-state index < -0.39 is 0 Å². The molecular formula is C25H34N2O2. The standard InChI is InChI=1S/C25H34N2O2/c1-2-3-6-15-25(28)29-21-24-20-26(18-22-11-7-4-8-12-22)16-17-27(24)19-23-13-9-5-10-14-23/h4-5,7-14,24H,2-3,6,15-21H2,1H3. The molecule has 156 valence electrons. The number of unbranched alkanes of at least 4 members (excludes halogenated alkanes) is 2. The lowest BCUT2D eigenvalue weighted by Gasteiger charge is -2.41. The SMILES string of the molecule is CCCCCC(=O)OCC1CN(Cc2ccccc2)CCN1Cc1ccccc1. The molecule has 2 aromatic carbocycles. The van der Waals surface area contributed by atoms with Gasteiger partial charge in [-0.2, -0.15) is 0 Å². The summed E-state index contributed by atoms with van der Waals surface area (Å²) < 4.78 is 5.69. The Labute approximate surface area is 175 Å². The van der Waals surface area contributed by atoms with Crippen LogP contribution in [0.4, 0.5) is 0 Å². The lowest BCUT2D eigenvalue weighted by molar-refractivity contribution is -0.146. The van der Waals surface area contributed by atoms with Gasteiger partial charge in [0, 0.05) is 39.1 Å². The molecule has 3 rings (SSSR count). The fraction of sp³-hybridized carbons (Fsp3) is 0.480. The van der Waals surface area contributed by atoms with Crippen molar-refractivity contribution in [1.29, 1.82) is 0 Å². The lowest BCUT2D eigenvalue weighted by Crippen LogP contribution is -2.54. The molecule has 1 aliphatic heterocycles. The summed E-state index contributed by atoms with van der Waals surface area (Å²) in [6, 6.07) is 21.4. The molecule has 0 bridgehead atoms. The van der Waals surface area contributed by atoms with Crippen LogP contribution in [0, 0.1) is 0 Å². The first-order valence-electron chi connectivity index (χ1n) is 10.9. The molecule has 0 N–H and O–H groups in total. The molecule has 0 amide bonds. The molecule has 1 saturated heterocycles. The molecule has 0 saturated carbocycles. The van der Waals surface area contributed by atoms with Crippen molar-refractivity contribution in [3.05, 3.63) is 71.8 Å². The maximum atomic E-state index is 12.1. The van der Waals surface area contributed by atoms with Crippen molar-refractivity contribution >= 4 is 5.97 Å². The average Bonchev–Trinajstić information content (AvgIpc) is 2.75. The fourth-order valence-electron chi connectivity index (χ4n) is 3.91. The molecule has 1 heterocycles. The highest BCUT2D eigenvalue weighted by Gasteiger charge is 2.28. The first-order valence-corrected chi connectivity index (χ1v) is 10.9. The van der Waals surface area contributed by atoms with Crippen molar-refractivity contribution in [2.45, 2.75) is 51.7 Å². The average molecular weight is 395 g/mol. The van der Waals surface area contributed by atoms with E-state index in [9.17, 15) is 4.79 Å². The van der Waals surface area contributed by atoms with Gasteiger partial charge in [0.15, 0.2) is 0 Å². The van der Waals surface area contributed by atoms with Crippen LogP contribution < -0.4 is 0 Å². The molecule has 1 fully saturated rings. The lowest BCUT2D eigenvalue weighted by atomic mass is 10.1. The molecule has 1 unspecified atom stereocenters.